The molecule has 1 N–H and O–H groups in total. The average Bonchev–Trinajstić information content (AvgIpc) is 2.93. The summed E-state index contributed by atoms with van der Waals surface area (Å²) in [7, 11) is -2.60. The molecule has 0 saturated carbocycles. The second kappa shape index (κ2) is 13.7. The number of amides is 2. The largest absolute Gasteiger partial charge is 0.497 e. The molecule has 40 heavy (non-hydrogen) atoms. The average molecular weight is 586 g/mol. The van der Waals surface area contributed by atoms with Crippen LogP contribution in [-0.2, 0) is 26.2 Å². The molecule has 1 atom stereocenters. The lowest BCUT2D eigenvalue weighted by atomic mass is 10.1. The number of anilines is 1. The van der Waals surface area contributed by atoms with E-state index in [0.29, 0.717) is 23.7 Å². The van der Waals surface area contributed by atoms with Gasteiger partial charge in [-0.05, 0) is 74.7 Å². The van der Waals surface area contributed by atoms with Gasteiger partial charge in [0.2, 0.25) is 11.8 Å². The first-order valence-electron chi connectivity index (χ1n) is 13.1. The van der Waals surface area contributed by atoms with Gasteiger partial charge in [-0.1, -0.05) is 54.4 Å². The quantitative estimate of drug-likeness (QED) is 0.319. The van der Waals surface area contributed by atoms with Gasteiger partial charge >= 0.3 is 0 Å². The van der Waals surface area contributed by atoms with E-state index in [2.05, 4.69) is 5.32 Å². The van der Waals surface area contributed by atoms with Crippen LogP contribution in [0.4, 0.5) is 5.69 Å². The standard InChI is InChI=1S/C30H36ClN3O5S/c1-6-28(30(36)32-7-2)33(19-23-11-14-25(39-5)15-12-23)29(35)20-34(24-13-10-22(4)27(31)18-24)40(37,38)26-16-8-21(3)9-17-26/h8-18,28H,6-7,19-20H2,1-5H3,(H,32,36)/t28-/m0/s1. The third-order valence-corrected chi connectivity index (χ3v) is 8.78. The Balaban J connectivity index is 2.07. The Morgan fingerprint density at radius 1 is 0.975 bits per heavy atom. The van der Waals surface area contributed by atoms with E-state index >= 15 is 0 Å². The number of hydrogen-bond acceptors (Lipinski definition) is 5. The van der Waals surface area contributed by atoms with Crippen LogP contribution in [0.15, 0.2) is 71.6 Å². The van der Waals surface area contributed by atoms with Gasteiger partial charge in [0.15, 0.2) is 0 Å². The van der Waals surface area contributed by atoms with Gasteiger partial charge in [0.05, 0.1) is 17.7 Å². The van der Waals surface area contributed by atoms with Crippen LogP contribution in [0.2, 0.25) is 5.02 Å². The van der Waals surface area contributed by atoms with Crippen LogP contribution in [0.3, 0.4) is 0 Å². The normalized spacial score (nSPS) is 11.9. The van der Waals surface area contributed by atoms with Gasteiger partial charge in [0, 0.05) is 18.1 Å². The van der Waals surface area contributed by atoms with E-state index in [0.717, 1.165) is 21.0 Å². The van der Waals surface area contributed by atoms with Crippen molar-refractivity contribution in [2.75, 3.05) is 24.5 Å². The molecule has 0 aromatic heterocycles. The molecule has 0 saturated heterocycles. The van der Waals surface area contributed by atoms with E-state index in [1.165, 1.54) is 23.1 Å². The second-order valence-electron chi connectivity index (χ2n) is 9.45. The monoisotopic (exact) mass is 585 g/mol. The fraction of sp³-hybridized carbons (Fsp3) is 0.333. The number of halogens is 1. The summed E-state index contributed by atoms with van der Waals surface area (Å²) in [5, 5.41) is 3.17. The van der Waals surface area contributed by atoms with Gasteiger partial charge in [-0.3, -0.25) is 13.9 Å². The summed E-state index contributed by atoms with van der Waals surface area (Å²) in [6.45, 7) is 7.26. The molecule has 0 bridgehead atoms. The summed E-state index contributed by atoms with van der Waals surface area (Å²) in [6, 6.07) is 17.6. The van der Waals surface area contributed by atoms with Gasteiger partial charge in [0.1, 0.15) is 18.3 Å². The summed E-state index contributed by atoms with van der Waals surface area (Å²) >= 11 is 6.38. The number of carbonyl (C=O) groups is 2. The minimum absolute atomic E-state index is 0.0417. The molecule has 0 aliphatic carbocycles. The smallest absolute Gasteiger partial charge is 0.264 e. The second-order valence-corrected chi connectivity index (χ2v) is 11.7. The maximum atomic E-state index is 14.0. The van der Waals surface area contributed by atoms with Gasteiger partial charge < -0.3 is 15.0 Å². The molecule has 3 aromatic rings. The van der Waals surface area contributed by atoms with E-state index < -0.39 is 28.5 Å². The van der Waals surface area contributed by atoms with Crippen molar-refractivity contribution in [2.45, 2.75) is 51.6 Å². The molecule has 0 radical (unpaired) electrons. The van der Waals surface area contributed by atoms with E-state index in [-0.39, 0.29) is 23.0 Å². The van der Waals surface area contributed by atoms with Crippen molar-refractivity contribution in [3.63, 3.8) is 0 Å². The van der Waals surface area contributed by atoms with Gasteiger partial charge in [-0.15, -0.1) is 0 Å². The summed E-state index contributed by atoms with van der Waals surface area (Å²) in [5.74, 6) is -0.177. The Labute approximate surface area is 241 Å². The maximum Gasteiger partial charge on any atom is 0.264 e. The van der Waals surface area contributed by atoms with Gasteiger partial charge in [-0.25, -0.2) is 8.42 Å². The number of ether oxygens (including phenoxy) is 1. The van der Waals surface area contributed by atoms with Gasteiger partial charge in [0.25, 0.3) is 10.0 Å². The highest BCUT2D eigenvalue weighted by atomic mass is 35.5. The number of sulfonamides is 1. The Bertz CT molecular complexity index is 1430. The Hall–Kier alpha value is -3.56. The van der Waals surface area contributed by atoms with Crippen LogP contribution in [0.1, 0.15) is 37.0 Å². The highest BCUT2D eigenvalue weighted by Gasteiger charge is 2.33. The minimum atomic E-state index is -4.16. The molecule has 0 unspecified atom stereocenters. The van der Waals surface area contributed by atoms with Crippen LogP contribution in [-0.4, -0.2) is 51.4 Å². The molecule has 2 amide bonds. The number of nitrogens with one attached hydrogen (secondary N) is 1. The molecule has 0 aliphatic rings. The summed E-state index contributed by atoms with van der Waals surface area (Å²) < 4.78 is 34.1. The zero-order chi connectivity index (χ0) is 29.4. The minimum Gasteiger partial charge on any atom is -0.497 e. The SMILES string of the molecule is CCNC(=O)[C@H](CC)N(Cc1ccc(OC)cc1)C(=O)CN(c1ccc(C)c(Cl)c1)S(=O)(=O)c1ccc(C)cc1. The number of likely N-dealkylation sites (N-methyl/N-ethyl adjacent to an activating group) is 1. The van der Waals surface area contributed by atoms with Crippen LogP contribution < -0.4 is 14.4 Å². The highest BCUT2D eigenvalue weighted by Crippen LogP contribution is 2.29. The van der Waals surface area contributed by atoms with Crippen molar-refractivity contribution in [3.8, 4) is 5.75 Å². The molecule has 8 nitrogen and oxygen atoms in total. The fourth-order valence-electron chi connectivity index (χ4n) is 4.24. The fourth-order valence-corrected chi connectivity index (χ4v) is 5.82. The molecule has 0 heterocycles. The van der Waals surface area contributed by atoms with Crippen LogP contribution in [0.25, 0.3) is 0 Å². The number of nitrogens with zero attached hydrogens (tertiary/aromatic N) is 2. The number of carbonyl (C=O) groups excluding carboxylic acids is 2. The number of methoxy groups -OCH3 is 1. The molecule has 0 aliphatic heterocycles. The summed E-state index contributed by atoms with van der Waals surface area (Å²) in [5.41, 5.74) is 2.69. The predicted molar refractivity (Wildman–Crippen MR) is 158 cm³/mol. The maximum absolute atomic E-state index is 14.0. The van der Waals surface area contributed by atoms with Gasteiger partial charge in [-0.2, -0.15) is 0 Å². The molecule has 3 aromatic carbocycles. The van der Waals surface area contributed by atoms with Crippen molar-refractivity contribution >= 4 is 39.1 Å². The Morgan fingerprint density at radius 3 is 2.17 bits per heavy atom. The van der Waals surface area contributed by atoms with Crippen LogP contribution >= 0.6 is 11.6 Å². The molecule has 0 spiro atoms. The number of aryl methyl sites for hydroxylation is 2. The lowest BCUT2D eigenvalue weighted by Gasteiger charge is -2.33. The number of benzene rings is 3. The third kappa shape index (κ3) is 7.34. The summed E-state index contributed by atoms with van der Waals surface area (Å²) in [4.78, 5) is 28.5. The first-order valence-corrected chi connectivity index (χ1v) is 14.9. The highest BCUT2D eigenvalue weighted by molar-refractivity contribution is 7.92. The zero-order valence-corrected chi connectivity index (χ0v) is 25.1. The van der Waals surface area contributed by atoms with E-state index in [1.54, 1.807) is 50.4 Å². The topological polar surface area (TPSA) is 96.0 Å². The number of rotatable bonds is 12. The van der Waals surface area contributed by atoms with E-state index in [1.807, 2.05) is 32.9 Å². The van der Waals surface area contributed by atoms with Crippen molar-refractivity contribution in [3.05, 3.63) is 88.4 Å². The first-order chi connectivity index (χ1) is 19.0. The van der Waals surface area contributed by atoms with Crippen LogP contribution in [0, 0.1) is 13.8 Å². The molecule has 3 rings (SSSR count). The van der Waals surface area contributed by atoms with Crippen molar-refractivity contribution < 1.29 is 22.7 Å². The van der Waals surface area contributed by atoms with E-state index in [4.69, 9.17) is 16.3 Å². The molecule has 0 fully saturated rings. The molecular formula is C30H36ClN3O5S. The van der Waals surface area contributed by atoms with Crippen molar-refractivity contribution in [2.24, 2.45) is 0 Å². The first kappa shape index (κ1) is 31.0. The molecular weight excluding hydrogens is 550 g/mol. The van der Waals surface area contributed by atoms with E-state index in [9.17, 15) is 18.0 Å². The van der Waals surface area contributed by atoms with Crippen molar-refractivity contribution in [1.82, 2.24) is 10.2 Å². The summed E-state index contributed by atoms with van der Waals surface area (Å²) in [6.07, 6.45) is 0.342. The van der Waals surface area contributed by atoms with Crippen LogP contribution in [0.5, 0.6) is 5.75 Å². The Morgan fingerprint density at radius 2 is 1.62 bits per heavy atom. The third-order valence-electron chi connectivity index (χ3n) is 6.58. The number of hydrogen-bond donors (Lipinski definition) is 1. The molecule has 10 heteroatoms. The Kier molecular flexibility index (Phi) is 10.6. The lowest BCUT2D eigenvalue weighted by molar-refractivity contribution is -0.140. The molecule has 214 valence electrons. The predicted octanol–water partition coefficient (Wildman–Crippen LogP) is 5.10. The zero-order valence-electron chi connectivity index (χ0n) is 23.5. The van der Waals surface area contributed by atoms with Crippen molar-refractivity contribution in [1.29, 1.82) is 0 Å². The lowest BCUT2D eigenvalue weighted by Crippen LogP contribution is -2.52.